The SMILES string of the molecule is CC(C)C[C@H](C)OC(=O)Cl. The summed E-state index contributed by atoms with van der Waals surface area (Å²) in [5.74, 6) is 0.533. The van der Waals surface area contributed by atoms with E-state index in [1.165, 1.54) is 0 Å². The second-order valence-corrected chi connectivity index (χ2v) is 3.10. The molecule has 0 aromatic rings. The molecule has 0 N–H and O–H groups in total. The molecule has 0 aliphatic rings. The van der Waals surface area contributed by atoms with Crippen molar-refractivity contribution < 1.29 is 9.53 Å². The molecule has 0 aromatic carbocycles. The average Bonchev–Trinajstić information content (AvgIpc) is 1.58. The van der Waals surface area contributed by atoms with Gasteiger partial charge in [0.15, 0.2) is 0 Å². The van der Waals surface area contributed by atoms with Crippen LogP contribution in [-0.4, -0.2) is 11.5 Å². The summed E-state index contributed by atoms with van der Waals surface area (Å²) < 4.78 is 4.69. The van der Waals surface area contributed by atoms with E-state index in [9.17, 15) is 4.79 Å². The van der Waals surface area contributed by atoms with Crippen molar-refractivity contribution >= 4 is 17.0 Å². The average molecular weight is 165 g/mol. The maximum Gasteiger partial charge on any atom is 0.404 e. The maximum absolute atomic E-state index is 10.2. The Balaban J connectivity index is 3.43. The third kappa shape index (κ3) is 5.89. The number of halogens is 1. The molecular formula is C7H13ClO2. The van der Waals surface area contributed by atoms with Crippen molar-refractivity contribution in [3.63, 3.8) is 0 Å². The zero-order valence-corrected chi connectivity index (χ0v) is 7.31. The van der Waals surface area contributed by atoms with Gasteiger partial charge in [0.1, 0.15) is 6.10 Å². The lowest BCUT2D eigenvalue weighted by Gasteiger charge is -2.12. The van der Waals surface area contributed by atoms with Gasteiger partial charge in [-0.15, -0.1) is 0 Å². The predicted molar refractivity (Wildman–Crippen MR) is 41.3 cm³/mol. The van der Waals surface area contributed by atoms with Gasteiger partial charge in [-0.3, -0.25) is 0 Å². The third-order valence-electron chi connectivity index (χ3n) is 1.10. The first-order chi connectivity index (χ1) is 4.52. The van der Waals surface area contributed by atoms with Gasteiger partial charge in [0.25, 0.3) is 0 Å². The van der Waals surface area contributed by atoms with Gasteiger partial charge in [0, 0.05) is 11.6 Å². The van der Waals surface area contributed by atoms with E-state index in [2.05, 4.69) is 18.6 Å². The zero-order chi connectivity index (χ0) is 8.15. The highest BCUT2D eigenvalue weighted by Crippen LogP contribution is 2.08. The summed E-state index contributed by atoms with van der Waals surface area (Å²) in [7, 11) is 0. The van der Waals surface area contributed by atoms with Crippen molar-refractivity contribution in [3.8, 4) is 0 Å². The molecule has 0 aromatic heterocycles. The van der Waals surface area contributed by atoms with E-state index < -0.39 is 5.43 Å². The second kappa shape index (κ2) is 4.56. The number of rotatable bonds is 3. The highest BCUT2D eigenvalue weighted by Gasteiger charge is 2.07. The van der Waals surface area contributed by atoms with Gasteiger partial charge in [-0.2, -0.15) is 0 Å². The summed E-state index contributed by atoms with van der Waals surface area (Å²) in [6.45, 7) is 5.97. The Labute approximate surface area is 66.5 Å². The van der Waals surface area contributed by atoms with Crippen molar-refractivity contribution in [1.82, 2.24) is 0 Å². The summed E-state index contributed by atoms with van der Waals surface area (Å²) in [5, 5.41) is 0. The quantitative estimate of drug-likeness (QED) is 0.600. The van der Waals surface area contributed by atoms with Crippen molar-refractivity contribution in [2.45, 2.75) is 33.3 Å². The number of hydrogen-bond acceptors (Lipinski definition) is 2. The standard InChI is InChI=1S/C7H13ClO2/c1-5(2)4-6(3)10-7(8)9/h5-6H,4H2,1-3H3/t6-/m0/s1. The van der Waals surface area contributed by atoms with Crippen LogP contribution in [0.1, 0.15) is 27.2 Å². The molecule has 2 nitrogen and oxygen atoms in total. The lowest BCUT2D eigenvalue weighted by molar-refractivity contribution is 0.118. The molecule has 10 heavy (non-hydrogen) atoms. The molecule has 0 bridgehead atoms. The van der Waals surface area contributed by atoms with Gasteiger partial charge in [-0.1, -0.05) is 13.8 Å². The Bertz CT molecular complexity index is 112. The predicted octanol–water partition coefficient (Wildman–Crippen LogP) is 2.80. The molecule has 3 heteroatoms. The molecular weight excluding hydrogens is 152 g/mol. The molecule has 0 unspecified atom stereocenters. The first kappa shape index (κ1) is 9.76. The molecule has 60 valence electrons. The van der Waals surface area contributed by atoms with Crippen molar-refractivity contribution in [2.24, 2.45) is 5.92 Å². The van der Waals surface area contributed by atoms with Crippen molar-refractivity contribution in [3.05, 3.63) is 0 Å². The van der Waals surface area contributed by atoms with Crippen LogP contribution in [0.5, 0.6) is 0 Å². The van der Waals surface area contributed by atoms with Crippen LogP contribution in [0.15, 0.2) is 0 Å². The van der Waals surface area contributed by atoms with E-state index in [-0.39, 0.29) is 6.10 Å². The van der Waals surface area contributed by atoms with Gasteiger partial charge in [0.05, 0.1) is 0 Å². The monoisotopic (exact) mass is 164 g/mol. The van der Waals surface area contributed by atoms with E-state index in [0.29, 0.717) is 5.92 Å². The van der Waals surface area contributed by atoms with Gasteiger partial charge in [-0.25, -0.2) is 4.79 Å². The normalized spacial score (nSPS) is 13.3. The topological polar surface area (TPSA) is 26.3 Å². The third-order valence-corrected chi connectivity index (χ3v) is 1.19. The Morgan fingerprint density at radius 1 is 1.50 bits per heavy atom. The smallest absolute Gasteiger partial charge is 0.404 e. The van der Waals surface area contributed by atoms with E-state index in [1.807, 2.05) is 6.92 Å². The number of ether oxygens (including phenoxy) is 1. The fraction of sp³-hybridized carbons (Fsp3) is 0.857. The molecule has 0 heterocycles. The van der Waals surface area contributed by atoms with E-state index in [1.54, 1.807) is 0 Å². The Kier molecular flexibility index (Phi) is 4.45. The van der Waals surface area contributed by atoms with E-state index in [4.69, 9.17) is 11.6 Å². The van der Waals surface area contributed by atoms with Crippen LogP contribution in [0.3, 0.4) is 0 Å². The molecule has 0 radical (unpaired) electrons. The minimum Gasteiger partial charge on any atom is -0.451 e. The maximum atomic E-state index is 10.2. The minimum atomic E-state index is -0.715. The summed E-state index contributed by atoms with van der Waals surface area (Å²) in [6, 6.07) is 0. The lowest BCUT2D eigenvalue weighted by atomic mass is 10.1. The van der Waals surface area contributed by atoms with Crippen LogP contribution in [0.2, 0.25) is 0 Å². The van der Waals surface area contributed by atoms with Gasteiger partial charge >= 0.3 is 5.43 Å². The van der Waals surface area contributed by atoms with Gasteiger partial charge in [-0.05, 0) is 19.3 Å². The van der Waals surface area contributed by atoms with Crippen LogP contribution >= 0.6 is 11.6 Å². The first-order valence-electron chi connectivity index (χ1n) is 3.38. The molecule has 0 rings (SSSR count). The van der Waals surface area contributed by atoms with Gasteiger partial charge in [0.2, 0.25) is 0 Å². The lowest BCUT2D eigenvalue weighted by Crippen LogP contribution is -2.12. The zero-order valence-electron chi connectivity index (χ0n) is 6.56. The highest BCUT2D eigenvalue weighted by atomic mass is 35.5. The molecule has 0 fully saturated rings. The second-order valence-electron chi connectivity index (χ2n) is 2.80. The Morgan fingerprint density at radius 2 is 2.00 bits per heavy atom. The molecule has 0 saturated heterocycles. The van der Waals surface area contributed by atoms with Crippen LogP contribution in [-0.2, 0) is 4.74 Å². The summed E-state index contributed by atoms with van der Waals surface area (Å²) in [5.41, 5.74) is -0.715. The summed E-state index contributed by atoms with van der Waals surface area (Å²) in [6.07, 6.45) is 0.795. The fourth-order valence-corrected chi connectivity index (χ4v) is 1.02. The summed E-state index contributed by atoms with van der Waals surface area (Å²) in [4.78, 5) is 10.2. The number of carbonyl (C=O) groups excluding carboxylic acids is 1. The minimum absolute atomic E-state index is 0.0648. The molecule has 0 spiro atoms. The van der Waals surface area contributed by atoms with Crippen LogP contribution in [0.4, 0.5) is 4.79 Å². The van der Waals surface area contributed by atoms with Crippen molar-refractivity contribution in [2.75, 3.05) is 0 Å². The van der Waals surface area contributed by atoms with Crippen LogP contribution < -0.4 is 0 Å². The molecule has 0 aliphatic carbocycles. The first-order valence-corrected chi connectivity index (χ1v) is 3.76. The Morgan fingerprint density at radius 3 is 2.30 bits per heavy atom. The van der Waals surface area contributed by atoms with Gasteiger partial charge < -0.3 is 4.74 Å². The highest BCUT2D eigenvalue weighted by molar-refractivity contribution is 6.61. The number of hydrogen-bond donors (Lipinski definition) is 0. The van der Waals surface area contributed by atoms with Crippen molar-refractivity contribution in [1.29, 1.82) is 0 Å². The van der Waals surface area contributed by atoms with E-state index >= 15 is 0 Å². The molecule has 0 amide bonds. The fourth-order valence-electron chi connectivity index (χ4n) is 0.870. The Hall–Kier alpha value is -0.240. The largest absolute Gasteiger partial charge is 0.451 e. The van der Waals surface area contributed by atoms with Crippen LogP contribution in [0, 0.1) is 5.92 Å². The molecule has 0 saturated carbocycles. The molecule has 0 aliphatic heterocycles. The van der Waals surface area contributed by atoms with E-state index in [0.717, 1.165) is 6.42 Å². The number of carbonyl (C=O) groups is 1. The van der Waals surface area contributed by atoms with Crippen LogP contribution in [0.25, 0.3) is 0 Å². The summed E-state index contributed by atoms with van der Waals surface area (Å²) >= 11 is 4.99. The molecule has 1 atom stereocenters.